The van der Waals surface area contributed by atoms with Crippen molar-refractivity contribution in [2.75, 3.05) is 0 Å². The van der Waals surface area contributed by atoms with Crippen LogP contribution in [0.2, 0.25) is 0 Å². The van der Waals surface area contributed by atoms with Crippen LogP contribution in [0.25, 0.3) is 23.2 Å². The summed E-state index contributed by atoms with van der Waals surface area (Å²) in [4.78, 5) is 21.5. The van der Waals surface area contributed by atoms with Gasteiger partial charge in [0.15, 0.2) is 5.82 Å². The molecule has 0 aliphatic carbocycles. The standard InChI is InChI=1S/C19H14N4OS/c1-13-4-6-14(7-5-13)8-9-17-21-19-23(22-17)18(24)16(25-19)11-15-3-2-10-20-12-15/h2-12H,1H3/b9-8+,16-11+. The highest BCUT2D eigenvalue weighted by atomic mass is 32.1. The van der Waals surface area contributed by atoms with Crippen molar-refractivity contribution in [3.63, 3.8) is 0 Å². The first-order chi connectivity index (χ1) is 12.2. The number of aromatic nitrogens is 4. The van der Waals surface area contributed by atoms with Gasteiger partial charge in [0.2, 0.25) is 4.96 Å². The molecule has 0 amide bonds. The minimum absolute atomic E-state index is 0.161. The number of benzene rings is 1. The summed E-state index contributed by atoms with van der Waals surface area (Å²) >= 11 is 1.32. The number of rotatable bonds is 3. The van der Waals surface area contributed by atoms with Crippen LogP contribution in [0.5, 0.6) is 0 Å². The predicted molar refractivity (Wildman–Crippen MR) is 100 cm³/mol. The molecule has 4 aromatic rings. The fourth-order valence-corrected chi connectivity index (χ4v) is 3.30. The minimum atomic E-state index is -0.161. The average Bonchev–Trinajstić information content (AvgIpc) is 3.15. The summed E-state index contributed by atoms with van der Waals surface area (Å²) < 4.78 is 1.94. The first-order valence-electron chi connectivity index (χ1n) is 7.75. The molecule has 6 heteroatoms. The van der Waals surface area contributed by atoms with Gasteiger partial charge in [-0.05, 0) is 36.3 Å². The Morgan fingerprint density at radius 1 is 1.08 bits per heavy atom. The number of nitrogens with zero attached hydrogens (tertiary/aromatic N) is 4. The molecule has 0 bridgehead atoms. The van der Waals surface area contributed by atoms with Crippen molar-refractivity contribution in [2.45, 2.75) is 6.92 Å². The molecule has 0 aliphatic heterocycles. The Labute approximate surface area is 147 Å². The van der Waals surface area contributed by atoms with Crippen molar-refractivity contribution < 1.29 is 0 Å². The van der Waals surface area contributed by atoms with Crippen LogP contribution in [-0.4, -0.2) is 19.6 Å². The SMILES string of the molecule is Cc1ccc(/C=C/c2nc3s/c(=C/c4cccnc4)c(=O)n3n2)cc1. The number of thiazole rings is 1. The maximum Gasteiger partial charge on any atom is 0.291 e. The van der Waals surface area contributed by atoms with Gasteiger partial charge in [0, 0.05) is 12.4 Å². The second kappa shape index (κ2) is 6.41. The monoisotopic (exact) mass is 346 g/mol. The van der Waals surface area contributed by atoms with Crippen molar-refractivity contribution in [1.82, 2.24) is 19.6 Å². The Balaban J connectivity index is 1.67. The van der Waals surface area contributed by atoms with Crippen LogP contribution in [0.1, 0.15) is 22.5 Å². The Morgan fingerprint density at radius 3 is 2.64 bits per heavy atom. The van der Waals surface area contributed by atoms with Gasteiger partial charge in [0.05, 0.1) is 4.53 Å². The summed E-state index contributed by atoms with van der Waals surface area (Å²) in [6.45, 7) is 2.05. The highest BCUT2D eigenvalue weighted by molar-refractivity contribution is 7.15. The third-order valence-electron chi connectivity index (χ3n) is 3.68. The molecule has 0 saturated heterocycles. The molecule has 0 N–H and O–H groups in total. The van der Waals surface area contributed by atoms with Crippen LogP contribution >= 0.6 is 11.3 Å². The topological polar surface area (TPSA) is 60.2 Å². The lowest BCUT2D eigenvalue weighted by atomic mass is 10.1. The van der Waals surface area contributed by atoms with Gasteiger partial charge in [-0.15, -0.1) is 5.10 Å². The number of aryl methyl sites for hydroxylation is 1. The van der Waals surface area contributed by atoms with E-state index in [1.165, 1.54) is 21.4 Å². The molecule has 0 saturated carbocycles. The smallest absolute Gasteiger partial charge is 0.266 e. The molecule has 5 nitrogen and oxygen atoms in total. The predicted octanol–water partition coefficient (Wildman–Crippen LogP) is 2.57. The molecule has 0 spiro atoms. The van der Waals surface area contributed by atoms with Crippen LogP contribution < -0.4 is 10.1 Å². The molecular formula is C19H14N4OS. The molecule has 3 aromatic heterocycles. The zero-order chi connectivity index (χ0) is 17.2. The Hall–Kier alpha value is -3.12. The quantitative estimate of drug-likeness (QED) is 0.572. The largest absolute Gasteiger partial charge is 0.291 e. The molecule has 0 atom stereocenters. The molecule has 1 aromatic carbocycles. The summed E-state index contributed by atoms with van der Waals surface area (Å²) in [5.74, 6) is 0.525. The van der Waals surface area contributed by atoms with E-state index in [-0.39, 0.29) is 5.56 Å². The van der Waals surface area contributed by atoms with Crippen LogP contribution in [0.4, 0.5) is 0 Å². The van der Waals surface area contributed by atoms with Gasteiger partial charge in [-0.1, -0.05) is 53.3 Å². The zero-order valence-corrected chi connectivity index (χ0v) is 14.3. The maximum atomic E-state index is 12.5. The van der Waals surface area contributed by atoms with E-state index in [1.54, 1.807) is 18.5 Å². The van der Waals surface area contributed by atoms with Crippen molar-refractivity contribution in [3.05, 3.63) is 86.2 Å². The summed E-state index contributed by atoms with van der Waals surface area (Å²) in [6, 6.07) is 11.9. The lowest BCUT2D eigenvalue weighted by molar-refractivity contribution is 0.925. The Morgan fingerprint density at radius 2 is 1.92 bits per heavy atom. The molecule has 122 valence electrons. The van der Waals surface area contributed by atoms with E-state index in [4.69, 9.17) is 0 Å². The highest BCUT2D eigenvalue weighted by Gasteiger charge is 2.08. The lowest BCUT2D eigenvalue weighted by Crippen LogP contribution is -2.23. The molecular weight excluding hydrogens is 332 g/mol. The molecule has 25 heavy (non-hydrogen) atoms. The first kappa shape index (κ1) is 15.4. The van der Waals surface area contributed by atoms with Crippen LogP contribution in [-0.2, 0) is 0 Å². The van der Waals surface area contributed by atoms with Gasteiger partial charge in [-0.2, -0.15) is 9.50 Å². The van der Waals surface area contributed by atoms with Crippen molar-refractivity contribution >= 4 is 34.5 Å². The van der Waals surface area contributed by atoms with E-state index in [0.29, 0.717) is 15.3 Å². The normalized spacial score (nSPS) is 12.4. The molecule has 0 radical (unpaired) electrons. The first-order valence-corrected chi connectivity index (χ1v) is 8.57. The van der Waals surface area contributed by atoms with Gasteiger partial charge in [0.25, 0.3) is 5.56 Å². The van der Waals surface area contributed by atoms with E-state index in [1.807, 2.05) is 36.4 Å². The van der Waals surface area contributed by atoms with Crippen molar-refractivity contribution in [3.8, 4) is 0 Å². The van der Waals surface area contributed by atoms with E-state index in [2.05, 4.69) is 34.1 Å². The van der Waals surface area contributed by atoms with Crippen LogP contribution in [0.3, 0.4) is 0 Å². The number of hydrogen-bond acceptors (Lipinski definition) is 5. The third-order valence-corrected chi connectivity index (χ3v) is 4.64. The number of hydrogen-bond donors (Lipinski definition) is 0. The summed E-state index contributed by atoms with van der Waals surface area (Å²) in [5.41, 5.74) is 3.00. The number of fused-ring (bicyclic) bond motifs is 1. The van der Waals surface area contributed by atoms with Gasteiger partial charge >= 0.3 is 0 Å². The Kier molecular flexibility index (Phi) is 3.95. The summed E-state index contributed by atoms with van der Waals surface area (Å²) in [5, 5.41) is 4.29. The second-order valence-electron chi connectivity index (χ2n) is 5.61. The number of pyridine rings is 1. The molecule has 0 unspecified atom stereocenters. The fraction of sp³-hybridized carbons (Fsp3) is 0.0526. The van der Waals surface area contributed by atoms with Gasteiger partial charge in [-0.3, -0.25) is 9.78 Å². The minimum Gasteiger partial charge on any atom is -0.266 e. The lowest BCUT2D eigenvalue weighted by Gasteiger charge is -1.93. The summed E-state index contributed by atoms with van der Waals surface area (Å²) in [6.07, 6.45) is 8.97. The summed E-state index contributed by atoms with van der Waals surface area (Å²) in [7, 11) is 0. The Bertz CT molecular complexity index is 1160. The molecule has 4 rings (SSSR count). The van der Waals surface area contributed by atoms with E-state index < -0.39 is 0 Å². The van der Waals surface area contributed by atoms with Gasteiger partial charge < -0.3 is 0 Å². The third kappa shape index (κ3) is 3.25. The van der Waals surface area contributed by atoms with E-state index in [0.717, 1.165) is 11.1 Å². The average molecular weight is 346 g/mol. The van der Waals surface area contributed by atoms with Crippen molar-refractivity contribution in [2.24, 2.45) is 0 Å². The van der Waals surface area contributed by atoms with Gasteiger partial charge in [-0.25, -0.2) is 0 Å². The fourth-order valence-electron chi connectivity index (χ4n) is 2.38. The molecule has 0 aliphatic rings. The van der Waals surface area contributed by atoms with Crippen molar-refractivity contribution in [1.29, 1.82) is 0 Å². The molecule has 3 heterocycles. The van der Waals surface area contributed by atoms with Gasteiger partial charge in [0.1, 0.15) is 0 Å². The maximum absolute atomic E-state index is 12.5. The van der Waals surface area contributed by atoms with Crippen LogP contribution in [0.15, 0.2) is 53.6 Å². The molecule has 0 fully saturated rings. The van der Waals surface area contributed by atoms with E-state index >= 15 is 0 Å². The van der Waals surface area contributed by atoms with E-state index in [9.17, 15) is 4.79 Å². The highest BCUT2D eigenvalue weighted by Crippen LogP contribution is 2.09. The van der Waals surface area contributed by atoms with Crippen LogP contribution in [0, 0.1) is 6.92 Å². The second-order valence-corrected chi connectivity index (χ2v) is 6.62. The zero-order valence-electron chi connectivity index (χ0n) is 13.5.